The molecular formula is C14H18FNO4. The van der Waals surface area contributed by atoms with Gasteiger partial charge in [0.2, 0.25) is 0 Å². The van der Waals surface area contributed by atoms with E-state index in [2.05, 4.69) is 5.32 Å². The van der Waals surface area contributed by atoms with Crippen LogP contribution in [-0.4, -0.2) is 38.9 Å². The highest BCUT2D eigenvalue weighted by Gasteiger charge is 2.29. The van der Waals surface area contributed by atoms with Gasteiger partial charge in [-0.2, -0.15) is 0 Å². The number of methoxy groups -OCH3 is 1. The molecule has 5 nitrogen and oxygen atoms in total. The molecule has 1 heterocycles. The van der Waals surface area contributed by atoms with Gasteiger partial charge in [0.25, 0.3) is 0 Å². The monoisotopic (exact) mass is 283 g/mol. The molecule has 0 bridgehead atoms. The predicted molar refractivity (Wildman–Crippen MR) is 70.0 cm³/mol. The Morgan fingerprint density at radius 2 is 2.35 bits per heavy atom. The summed E-state index contributed by atoms with van der Waals surface area (Å²) in [5.74, 6) is -0.802. The zero-order chi connectivity index (χ0) is 14.4. The van der Waals surface area contributed by atoms with Gasteiger partial charge in [-0.3, -0.25) is 0 Å². The third-order valence-corrected chi connectivity index (χ3v) is 2.99. The van der Waals surface area contributed by atoms with E-state index >= 15 is 0 Å². The van der Waals surface area contributed by atoms with E-state index in [4.69, 9.17) is 14.2 Å². The highest BCUT2D eigenvalue weighted by molar-refractivity contribution is 5.76. The zero-order valence-corrected chi connectivity index (χ0v) is 11.4. The molecule has 1 aliphatic heterocycles. The topological polar surface area (TPSA) is 56.8 Å². The number of esters is 1. The first-order chi connectivity index (χ1) is 9.72. The number of rotatable bonds is 7. The van der Waals surface area contributed by atoms with Gasteiger partial charge in [-0.1, -0.05) is 12.1 Å². The number of cyclic esters (lactones) is 1. The highest BCUT2D eigenvalue weighted by atomic mass is 19.1. The fourth-order valence-electron chi connectivity index (χ4n) is 1.95. The van der Waals surface area contributed by atoms with Crippen LogP contribution in [0.5, 0.6) is 5.75 Å². The van der Waals surface area contributed by atoms with Crippen molar-refractivity contribution in [3.8, 4) is 5.75 Å². The summed E-state index contributed by atoms with van der Waals surface area (Å²) in [6.07, 6.45) is -0.270. The molecule has 0 amide bonds. The summed E-state index contributed by atoms with van der Waals surface area (Å²) in [7, 11) is 1.62. The molecule has 1 aromatic rings. The summed E-state index contributed by atoms with van der Waals surface area (Å²) in [5.41, 5.74) is 0.667. The van der Waals surface area contributed by atoms with Crippen molar-refractivity contribution < 1.29 is 23.4 Å². The van der Waals surface area contributed by atoms with Crippen LogP contribution in [0.3, 0.4) is 0 Å². The lowest BCUT2D eigenvalue weighted by molar-refractivity contribution is -0.143. The molecule has 1 atom stereocenters. The maximum atomic E-state index is 13.9. The highest BCUT2D eigenvalue weighted by Crippen LogP contribution is 2.26. The number of carbonyl (C=O) groups is 1. The summed E-state index contributed by atoms with van der Waals surface area (Å²) < 4.78 is 29.1. The van der Waals surface area contributed by atoms with E-state index in [1.54, 1.807) is 19.2 Å². The maximum Gasteiger partial charge on any atom is 0.347 e. The number of hydrogen-bond donors (Lipinski definition) is 1. The van der Waals surface area contributed by atoms with Gasteiger partial charge in [0.1, 0.15) is 0 Å². The van der Waals surface area contributed by atoms with Crippen molar-refractivity contribution >= 4 is 5.97 Å². The summed E-state index contributed by atoms with van der Waals surface area (Å²) in [6, 6.07) is 4.69. The summed E-state index contributed by atoms with van der Waals surface area (Å²) in [5, 5.41) is 3.12. The van der Waals surface area contributed by atoms with Crippen LogP contribution < -0.4 is 10.1 Å². The maximum absolute atomic E-state index is 13.9. The van der Waals surface area contributed by atoms with Gasteiger partial charge in [-0.15, -0.1) is 0 Å². The van der Waals surface area contributed by atoms with Crippen LogP contribution in [0.15, 0.2) is 18.2 Å². The van der Waals surface area contributed by atoms with Crippen LogP contribution in [0.2, 0.25) is 0 Å². The standard InChI is InChI=1S/C14H18FNO4/c1-18-8-6-16-9-10-3-2-4-11(15)13(10)20-12-5-7-19-14(12)17/h2-4,12,16H,5-9H2,1H3. The van der Waals surface area contributed by atoms with Gasteiger partial charge in [0.15, 0.2) is 17.7 Å². The molecule has 1 fully saturated rings. The first kappa shape index (κ1) is 14.7. The normalized spacial score (nSPS) is 18.1. The molecule has 1 aromatic carbocycles. The third-order valence-electron chi connectivity index (χ3n) is 2.99. The fourth-order valence-corrected chi connectivity index (χ4v) is 1.95. The SMILES string of the molecule is COCCNCc1cccc(F)c1OC1CCOC1=O. The molecule has 0 saturated carbocycles. The van der Waals surface area contributed by atoms with Crippen LogP contribution >= 0.6 is 0 Å². The smallest absolute Gasteiger partial charge is 0.347 e. The Morgan fingerprint density at radius 3 is 3.05 bits per heavy atom. The second kappa shape index (κ2) is 7.21. The van der Waals surface area contributed by atoms with Crippen molar-refractivity contribution in [1.82, 2.24) is 5.32 Å². The van der Waals surface area contributed by atoms with E-state index in [1.807, 2.05) is 0 Å². The van der Waals surface area contributed by atoms with Gasteiger partial charge >= 0.3 is 5.97 Å². The average Bonchev–Trinajstić information content (AvgIpc) is 2.84. The van der Waals surface area contributed by atoms with Crippen molar-refractivity contribution in [2.24, 2.45) is 0 Å². The second-order valence-corrected chi connectivity index (χ2v) is 4.46. The van der Waals surface area contributed by atoms with E-state index in [1.165, 1.54) is 6.07 Å². The Bertz CT molecular complexity index is 466. The Balaban J connectivity index is 2.03. The number of carbonyl (C=O) groups excluding carboxylic acids is 1. The van der Waals surface area contributed by atoms with Crippen LogP contribution in [-0.2, 0) is 20.8 Å². The molecule has 2 rings (SSSR count). The van der Waals surface area contributed by atoms with Crippen molar-refractivity contribution in [3.05, 3.63) is 29.6 Å². The molecule has 0 radical (unpaired) electrons. The van der Waals surface area contributed by atoms with Crippen LogP contribution in [0.4, 0.5) is 4.39 Å². The number of ether oxygens (including phenoxy) is 3. The minimum atomic E-state index is -0.718. The Kier molecular flexibility index (Phi) is 5.31. The quantitative estimate of drug-likeness (QED) is 0.603. The van der Waals surface area contributed by atoms with Crippen molar-refractivity contribution in [2.75, 3.05) is 26.9 Å². The van der Waals surface area contributed by atoms with Gasteiger partial charge in [0.05, 0.1) is 13.2 Å². The van der Waals surface area contributed by atoms with Crippen LogP contribution in [0, 0.1) is 5.82 Å². The molecule has 6 heteroatoms. The van der Waals surface area contributed by atoms with E-state index in [-0.39, 0.29) is 5.75 Å². The molecular weight excluding hydrogens is 265 g/mol. The first-order valence-corrected chi connectivity index (χ1v) is 6.52. The predicted octanol–water partition coefficient (Wildman–Crippen LogP) is 1.26. The first-order valence-electron chi connectivity index (χ1n) is 6.52. The van der Waals surface area contributed by atoms with Crippen LogP contribution in [0.1, 0.15) is 12.0 Å². The Morgan fingerprint density at radius 1 is 1.50 bits per heavy atom. The molecule has 1 saturated heterocycles. The van der Waals surface area contributed by atoms with E-state index < -0.39 is 17.9 Å². The van der Waals surface area contributed by atoms with Gasteiger partial charge in [-0.05, 0) is 6.07 Å². The Hall–Kier alpha value is -1.66. The Labute approximate surface area is 117 Å². The van der Waals surface area contributed by atoms with Crippen LogP contribution in [0.25, 0.3) is 0 Å². The molecule has 110 valence electrons. The van der Waals surface area contributed by atoms with E-state index in [0.717, 1.165) is 0 Å². The largest absolute Gasteiger partial charge is 0.475 e. The number of halogens is 1. The zero-order valence-electron chi connectivity index (χ0n) is 11.4. The average molecular weight is 283 g/mol. The van der Waals surface area contributed by atoms with Gasteiger partial charge < -0.3 is 19.5 Å². The number of nitrogens with one attached hydrogen (secondary N) is 1. The molecule has 0 aliphatic carbocycles. The van der Waals surface area contributed by atoms with Crippen molar-refractivity contribution in [2.45, 2.75) is 19.1 Å². The summed E-state index contributed by atoms with van der Waals surface area (Å²) in [4.78, 5) is 11.4. The van der Waals surface area contributed by atoms with Crippen molar-refractivity contribution in [3.63, 3.8) is 0 Å². The minimum absolute atomic E-state index is 0.112. The minimum Gasteiger partial charge on any atom is -0.475 e. The summed E-state index contributed by atoms with van der Waals surface area (Å²) in [6.45, 7) is 1.98. The van der Waals surface area contributed by atoms with E-state index in [0.29, 0.717) is 38.3 Å². The molecule has 1 unspecified atom stereocenters. The van der Waals surface area contributed by atoms with E-state index in [9.17, 15) is 9.18 Å². The number of benzene rings is 1. The molecule has 1 aliphatic rings. The van der Waals surface area contributed by atoms with Crippen molar-refractivity contribution in [1.29, 1.82) is 0 Å². The lowest BCUT2D eigenvalue weighted by atomic mass is 10.2. The lowest BCUT2D eigenvalue weighted by Gasteiger charge is -2.15. The molecule has 0 aromatic heterocycles. The molecule has 0 spiro atoms. The molecule has 1 N–H and O–H groups in total. The lowest BCUT2D eigenvalue weighted by Crippen LogP contribution is -2.24. The third kappa shape index (κ3) is 3.68. The second-order valence-electron chi connectivity index (χ2n) is 4.46. The number of hydrogen-bond acceptors (Lipinski definition) is 5. The van der Waals surface area contributed by atoms with Gasteiger partial charge in [-0.25, -0.2) is 9.18 Å². The molecule has 20 heavy (non-hydrogen) atoms. The van der Waals surface area contributed by atoms with Gasteiger partial charge in [0, 0.05) is 32.2 Å². The number of para-hydroxylation sites is 1. The fraction of sp³-hybridized carbons (Fsp3) is 0.500. The summed E-state index contributed by atoms with van der Waals surface area (Å²) >= 11 is 0.